The van der Waals surface area contributed by atoms with Crippen molar-refractivity contribution >= 4 is 56.7 Å². The minimum atomic E-state index is -0.394. The topological polar surface area (TPSA) is 84.5 Å². The monoisotopic (exact) mass is 502 g/mol. The molecule has 1 saturated heterocycles. The van der Waals surface area contributed by atoms with Crippen molar-refractivity contribution in [3.05, 3.63) is 58.6 Å². The van der Waals surface area contributed by atoms with E-state index in [1.165, 1.54) is 0 Å². The Balaban J connectivity index is 1.26. The van der Waals surface area contributed by atoms with Crippen LogP contribution in [-0.2, 0) is 14.3 Å². The number of hydrogen-bond donors (Lipinski definition) is 2. The minimum Gasteiger partial charge on any atom is -0.461 e. The van der Waals surface area contributed by atoms with E-state index in [-0.39, 0.29) is 46.5 Å². The van der Waals surface area contributed by atoms with E-state index in [1.54, 1.807) is 42.5 Å². The van der Waals surface area contributed by atoms with Gasteiger partial charge in [-0.05, 0) is 61.2 Å². The average Bonchev–Trinajstić information content (AvgIpc) is 3.36. The summed E-state index contributed by atoms with van der Waals surface area (Å²) in [4.78, 5) is 37.8. The highest BCUT2D eigenvalue weighted by Gasteiger charge is 2.67. The summed E-state index contributed by atoms with van der Waals surface area (Å²) in [7, 11) is 0. The van der Waals surface area contributed by atoms with E-state index in [2.05, 4.69) is 26.6 Å². The lowest BCUT2D eigenvalue weighted by Crippen LogP contribution is -2.40. The Labute approximate surface area is 192 Å². The van der Waals surface area contributed by atoms with Gasteiger partial charge in [-0.2, -0.15) is 0 Å². The number of hydrogen-bond acceptors (Lipinski definition) is 4. The molecular formula is C23H20BrClN2O4. The third kappa shape index (κ3) is 3.34. The standard InChI is InChI=1S/C23H20BrClN2O4/c1-10-15(25)3-2-4-16(10)27-21(28)11-5-7-12(8-6-11)26-22(29)17-13-9-14-18(17)23(30)31-20(14)19(13)24/h2-8,13-14,17-20H,9H2,1H3,(H,26,29)(H,27,28)/t13-,14-,17-,18+,19-,20+/m1/s1. The molecule has 2 bridgehead atoms. The Kier molecular flexibility index (Phi) is 5.06. The highest BCUT2D eigenvalue weighted by Crippen LogP contribution is 2.60. The van der Waals surface area contributed by atoms with Gasteiger partial charge in [0.2, 0.25) is 5.91 Å². The summed E-state index contributed by atoms with van der Waals surface area (Å²) < 4.78 is 5.47. The Morgan fingerprint density at radius 1 is 1.10 bits per heavy atom. The number of nitrogens with one attached hydrogen (secondary N) is 2. The lowest BCUT2D eigenvalue weighted by molar-refractivity contribution is -0.145. The Morgan fingerprint density at radius 2 is 1.84 bits per heavy atom. The van der Waals surface area contributed by atoms with Crippen LogP contribution in [0.15, 0.2) is 42.5 Å². The number of fused-ring (bicyclic) bond motifs is 1. The lowest BCUT2D eigenvalue weighted by Gasteiger charge is -2.27. The Morgan fingerprint density at radius 3 is 2.58 bits per heavy atom. The molecule has 0 unspecified atom stereocenters. The maximum Gasteiger partial charge on any atom is 0.310 e. The zero-order valence-corrected chi connectivity index (χ0v) is 18.9. The van der Waals surface area contributed by atoms with Gasteiger partial charge >= 0.3 is 5.97 Å². The van der Waals surface area contributed by atoms with Crippen molar-refractivity contribution in [1.82, 2.24) is 0 Å². The second kappa shape index (κ2) is 7.64. The summed E-state index contributed by atoms with van der Waals surface area (Å²) in [5.74, 6) is -1.23. The number of halogens is 2. The molecule has 0 spiro atoms. The quantitative estimate of drug-likeness (QED) is 0.478. The zero-order valence-electron chi connectivity index (χ0n) is 16.6. The van der Waals surface area contributed by atoms with Gasteiger partial charge in [-0.3, -0.25) is 14.4 Å². The van der Waals surface area contributed by atoms with Crippen LogP contribution in [0.5, 0.6) is 0 Å². The molecule has 2 aliphatic carbocycles. The van der Waals surface area contributed by atoms with Crippen molar-refractivity contribution in [2.24, 2.45) is 23.7 Å². The zero-order chi connectivity index (χ0) is 21.9. The largest absolute Gasteiger partial charge is 0.461 e. The third-order valence-corrected chi connectivity index (χ3v) is 8.37. The van der Waals surface area contributed by atoms with Crippen LogP contribution in [0, 0.1) is 30.6 Å². The fourth-order valence-electron chi connectivity index (χ4n) is 5.20. The molecule has 3 fully saturated rings. The molecule has 2 aromatic carbocycles. The van der Waals surface area contributed by atoms with Crippen molar-refractivity contribution in [2.75, 3.05) is 10.6 Å². The molecule has 3 aliphatic rings. The van der Waals surface area contributed by atoms with Crippen molar-refractivity contribution < 1.29 is 19.1 Å². The highest BCUT2D eigenvalue weighted by molar-refractivity contribution is 9.09. The van der Waals surface area contributed by atoms with Crippen LogP contribution in [-0.4, -0.2) is 28.7 Å². The Hall–Kier alpha value is -2.38. The van der Waals surface area contributed by atoms with Gasteiger partial charge in [-0.15, -0.1) is 0 Å². The first-order valence-corrected chi connectivity index (χ1v) is 11.5. The summed E-state index contributed by atoms with van der Waals surface area (Å²) in [6.07, 6.45) is 0.726. The van der Waals surface area contributed by atoms with Gasteiger partial charge in [0.05, 0.1) is 16.7 Å². The fourth-order valence-corrected chi connectivity index (χ4v) is 6.42. The molecule has 2 saturated carbocycles. The summed E-state index contributed by atoms with van der Waals surface area (Å²) in [5, 5.41) is 6.34. The summed E-state index contributed by atoms with van der Waals surface area (Å²) in [5.41, 5.74) is 2.49. The van der Waals surface area contributed by atoms with Crippen molar-refractivity contribution in [3.63, 3.8) is 0 Å². The maximum atomic E-state index is 13.0. The normalized spacial score (nSPS) is 30.2. The van der Waals surface area contributed by atoms with Gasteiger partial charge in [-0.25, -0.2) is 0 Å². The molecule has 31 heavy (non-hydrogen) atoms. The van der Waals surface area contributed by atoms with Crippen LogP contribution >= 0.6 is 27.5 Å². The maximum absolute atomic E-state index is 13.0. The van der Waals surface area contributed by atoms with Gasteiger partial charge in [0, 0.05) is 27.9 Å². The third-order valence-electron chi connectivity index (χ3n) is 6.76. The molecule has 6 atom stereocenters. The number of anilines is 2. The number of benzene rings is 2. The molecule has 0 aromatic heterocycles. The first-order chi connectivity index (χ1) is 14.8. The molecule has 1 aliphatic heterocycles. The molecule has 2 N–H and O–H groups in total. The molecule has 5 rings (SSSR count). The first-order valence-electron chi connectivity index (χ1n) is 10.2. The fraction of sp³-hybridized carbons (Fsp3) is 0.348. The van der Waals surface area contributed by atoms with Crippen molar-refractivity contribution in [3.8, 4) is 0 Å². The number of rotatable bonds is 4. The predicted octanol–water partition coefficient (Wildman–Crippen LogP) is 4.41. The first kappa shape index (κ1) is 20.5. The second-order valence-corrected chi connectivity index (χ2v) is 9.86. The second-order valence-electron chi connectivity index (χ2n) is 8.39. The van der Waals surface area contributed by atoms with E-state index in [1.807, 2.05) is 6.92 Å². The summed E-state index contributed by atoms with van der Waals surface area (Å²) in [6.45, 7) is 1.84. The molecule has 2 aromatic rings. The molecule has 6 nitrogen and oxygen atoms in total. The van der Waals surface area contributed by atoms with E-state index in [4.69, 9.17) is 16.3 Å². The van der Waals surface area contributed by atoms with Gasteiger partial charge in [0.25, 0.3) is 5.91 Å². The summed E-state index contributed by atoms with van der Waals surface area (Å²) in [6, 6.07) is 12.0. The van der Waals surface area contributed by atoms with E-state index in [0.717, 1.165) is 12.0 Å². The number of carbonyl (C=O) groups is 3. The van der Waals surface area contributed by atoms with Crippen LogP contribution in [0.4, 0.5) is 11.4 Å². The smallest absolute Gasteiger partial charge is 0.310 e. The molecule has 0 radical (unpaired) electrons. The number of carbonyl (C=O) groups excluding carboxylic acids is 3. The Bertz CT molecular complexity index is 1090. The SMILES string of the molecule is Cc1c(Cl)cccc1NC(=O)c1ccc(NC(=O)[C@@H]2[C@H]3C[C@H]4[C@H](OC(=O)[C@@H]42)[C@@H]3Br)cc1. The van der Waals surface area contributed by atoms with Gasteiger partial charge < -0.3 is 15.4 Å². The van der Waals surface area contributed by atoms with E-state index < -0.39 is 5.92 Å². The van der Waals surface area contributed by atoms with Crippen molar-refractivity contribution in [1.29, 1.82) is 0 Å². The van der Waals surface area contributed by atoms with Gasteiger partial charge in [0.1, 0.15) is 6.10 Å². The molecule has 2 amide bonds. The molecule has 8 heteroatoms. The van der Waals surface area contributed by atoms with E-state index in [9.17, 15) is 14.4 Å². The molecule has 1 heterocycles. The van der Waals surface area contributed by atoms with Crippen molar-refractivity contribution in [2.45, 2.75) is 24.3 Å². The van der Waals surface area contributed by atoms with E-state index >= 15 is 0 Å². The highest BCUT2D eigenvalue weighted by atomic mass is 79.9. The minimum absolute atomic E-state index is 0.0250. The van der Waals surface area contributed by atoms with Gasteiger partial charge in [0.15, 0.2) is 0 Å². The van der Waals surface area contributed by atoms with Crippen LogP contribution in [0.3, 0.4) is 0 Å². The van der Waals surface area contributed by atoms with Crippen LogP contribution in [0.1, 0.15) is 22.3 Å². The molecule has 160 valence electrons. The van der Waals surface area contributed by atoms with Crippen LogP contribution < -0.4 is 10.6 Å². The van der Waals surface area contributed by atoms with Crippen LogP contribution in [0.25, 0.3) is 0 Å². The number of amides is 2. The van der Waals surface area contributed by atoms with Gasteiger partial charge in [-0.1, -0.05) is 33.6 Å². The summed E-state index contributed by atoms with van der Waals surface area (Å²) >= 11 is 9.73. The number of ether oxygens (including phenoxy) is 1. The lowest BCUT2D eigenvalue weighted by atomic mass is 9.79. The number of alkyl halides is 1. The van der Waals surface area contributed by atoms with Crippen LogP contribution in [0.2, 0.25) is 5.02 Å². The average molecular weight is 504 g/mol. The molecular weight excluding hydrogens is 484 g/mol. The van der Waals surface area contributed by atoms with E-state index in [0.29, 0.717) is 22.0 Å². The predicted molar refractivity (Wildman–Crippen MR) is 120 cm³/mol. The number of esters is 1.